The van der Waals surface area contributed by atoms with Gasteiger partial charge >= 0.3 is 18.9 Å². The molecule has 1 heterocycles. The summed E-state index contributed by atoms with van der Waals surface area (Å²) in [5.74, 6) is 0.335. The first kappa shape index (κ1) is 8.76. The summed E-state index contributed by atoms with van der Waals surface area (Å²) in [6.07, 6.45) is 1.58. The molecule has 0 spiro atoms. The summed E-state index contributed by atoms with van der Waals surface area (Å²) in [6, 6.07) is 1.57. The molecule has 1 aromatic heterocycles. The Labute approximate surface area is 67.9 Å². The van der Waals surface area contributed by atoms with Crippen LogP contribution in [0.2, 0.25) is 0 Å². The summed E-state index contributed by atoms with van der Waals surface area (Å²) in [7, 11) is 0. The van der Waals surface area contributed by atoms with Gasteiger partial charge in [0.25, 0.3) is 0 Å². The van der Waals surface area contributed by atoms with Crippen molar-refractivity contribution < 1.29 is 8.39 Å². The van der Waals surface area contributed by atoms with E-state index in [0.717, 1.165) is 0 Å². The molecule has 0 aliphatic carbocycles. The molecular weight excluding hydrogens is 135 g/mol. The zero-order valence-electron chi connectivity index (χ0n) is 3.87. The number of thiol groups is 1. The predicted octanol–water partition coefficient (Wildman–Crippen LogP) is -1.000. The fourth-order valence-electron chi connectivity index (χ4n) is 0.336. The van der Waals surface area contributed by atoms with Crippen LogP contribution in [-0.2, 0) is 11.9 Å². The Bertz CT molecular complexity index is 166. The molecule has 0 saturated carbocycles. The molecule has 0 aromatic carbocycles. The van der Waals surface area contributed by atoms with Gasteiger partial charge < -0.3 is 4.18 Å². The van der Waals surface area contributed by atoms with Crippen LogP contribution in [0.3, 0.4) is 0 Å². The van der Waals surface area contributed by atoms with Crippen molar-refractivity contribution in [2.75, 3.05) is 0 Å². The molecule has 0 saturated heterocycles. The number of hydrogen-bond donors (Lipinski definition) is 2. The van der Waals surface area contributed by atoms with Crippen LogP contribution in [0.4, 0.5) is 0 Å². The Morgan fingerprint density at radius 3 is 3.00 bits per heavy atom. The van der Waals surface area contributed by atoms with Crippen LogP contribution in [0.25, 0.3) is 0 Å². The zero-order chi connectivity index (χ0) is 5.82. The van der Waals surface area contributed by atoms with Crippen molar-refractivity contribution in [1.29, 1.82) is 0 Å². The van der Waals surface area contributed by atoms with Gasteiger partial charge in [0.1, 0.15) is 0 Å². The zero-order valence-corrected chi connectivity index (χ0v) is 4.76. The number of aromatic nitrogens is 2. The maximum absolute atomic E-state index is 9.69. The van der Waals surface area contributed by atoms with Gasteiger partial charge in [-0.15, -0.1) is 5.10 Å². The third kappa shape index (κ3) is 2.70. The van der Waals surface area contributed by atoms with E-state index in [-0.39, 0.29) is 30.8 Å². The van der Waals surface area contributed by atoms with Crippen molar-refractivity contribution in [2.24, 2.45) is 0 Å². The van der Waals surface area contributed by atoms with E-state index in [0.29, 0.717) is 5.88 Å². The molecule has 0 aliphatic rings. The van der Waals surface area contributed by atoms with E-state index in [2.05, 4.69) is 14.4 Å². The summed E-state index contributed by atoms with van der Waals surface area (Å²) in [6.45, 7) is 0. The van der Waals surface area contributed by atoms with Crippen molar-refractivity contribution in [3.63, 3.8) is 0 Å². The molecule has 0 radical (unpaired) electrons. The van der Waals surface area contributed by atoms with Gasteiger partial charge in [-0.05, 0) is 0 Å². The van der Waals surface area contributed by atoms with Crippen LogP contribution in [0, 0.1) is 0 Å². The SMILES string of the molecule is O=[SH]Oc1cc[nH]n1.[LiH]. The number of H-pyrrole nitrogens is 1. The third-order valence-electron chi connectivity index (χ3n) is 0.606. The van der Waals surface area contributed by atoms with Crippen LogP contribution in [0.5, 0.6) is 5.88 Å². The van der Waals surface area contributed by atoms with E-state index in [1.807, 2.05) is 0 Å². The van der Waals surface area contributed by atoms with Gasteiger partial charge in [-0.2, -0.15) is 0 Å². The molecule has 9 heavy (non-hydrogen) atoms. The van der Waals surface area contributed by atoms with Crippen molar-refractivity contribution in [2.45, 2.75) is 0 Å². The van der Waals surface area contributed by atoms with Gasteiger partial charge in [-0.25, -0.2) is 4.21 Å². The van der Waals surface area contributed by atoms with E-state index in [4.69, 9.17) is 0 Å². The molecule has 1 N–H and O–H groups in total. The van der Waals surface area contributed by atoms with Crippen molar-refractivity contribution in [1.82, 2.24) is 10.2 Å². The minimum absolute atomic E-state index is 0. The molecule has 0 atom stereocenters. The Balaban J connectivity index is 0.000000640. The predicted molar refractivity (Wildman–Crippen MR) is 35.9 cm³/mol. The third-order valence-corrected chi connectivity index (χ3v) is 0.868. The quantitative estimate of drug-likeness (QED) is 0.409. The summed E-state index contributed by atoms with van der Waals surface area (Å²) >= 11 is -0.377. The van der Waals surface area contributed by atoms with Crippen molar-refractivity contribution in [3.8, 4) is 5.88 Å². The topological polar surface area (TPSA) is 55.0 Å². The van der Waals surface area contributed by atoms with Gasteiger partial charge in [-0.3, -0.25) is 5.10 Å². The van der Waals surface area contributed by atoms with Crippen LogP contribution in [0.1, 0.15) is 0 Å². The Morgan fingerprint density at radius 1 is 1.78 bits per heavy atom. The van der Waals surface area contributed by atoms with Gasteiger partial charge in [0.05, 0.1) is 0 Å². The Kier molecular flexibility index (Phi) is 4.49. The average Bonchev–Trinajstić information content (AvgIpc) is 2.19. The second-order valence-electron chi connectivity index (χ2n) is 1.08. The van der Waals surface area contributed by atoms with Crippen LogP contribution in [-0.4, -0.2) is 33.3 Å². The Morgan fingerprint density at radius 2 is 2.56 bits per heavy atom. The van der Waals surface area contributed by atoms with Gasteiger partial charge in [-0.1, -0.05) is 0 Å². The Hall–Kier alpha value is -0.243. The average molecular weight is 140 g/mol. The number of rotatable bonds is 2. The van der Waals surface area contributed by atoms with Gasteiger partial charge in [0, 0.05) is 12.3 Å². The second kappa shape index (κ2) is 4.62. The monoisotopic (exact) mass is 140 g/mol. The molecular formula is C3H5LiN2O2S. The van der Waals surface area contributed by atoms with Gasteiger partial charge in [0.2, 0.25) is 5.88 Å². The summed E-state index contributed by atoms with van der Waals surface area (Å²) in [5, 5.41) is 6.05. The van der Waals surface area contributed by atoms with Crippen LogP contribution >= 0.6 is 0 Å². The summed E-state index contributed by atoms with van der Waals surface area (Å²) < 4.78 is 14.1. The van der Waals surface area contributed by atoms with E-state index < -0.39 is 0 Å². The summed E-state index contributed by atoms with van der Waals surface area (Å²) in [5.41, 5.74) is 0. The molecule has 1 rings (SSSR count). The standard InChI is InChI=1S/C3H4N2O2S.Li.H/c6-8-7-3-1-2-4-5-3;;/h1-2,8H,(H,4,5);;. The molecule has 4 nitrogen and oxygen atoms in total. The van der Waals surface area contributed by atoms with E-state index >= 15 is 0 Å². The molecule has 0 amide bonds. The number of nitrogens with one attached hydrogen (secondary N) is 1. The number of aromatic amines is 1. The molecule has 0 unspecified atom stereocenters. The first-order valence-electron chi connectivity index (χ1n) is 1.93. The first-order valence-corrected chi connectivity index (χ1v) is 2.66. The molecule has 1 aromatic rings. The van der Waals surface area contributed by atoms with Crippen molar-refractivity contribution in [3.05, 3.63) is 12.3 Å². The minimum atomic E-state index is -0.377. The number of hydrogen-bond acceptors (Lipinski definition) is 3. The maximum atomic E-state index is 9.69. The fourth-order valence-corrected chi connectivity index (χ4v) is 0.514. The summed E-state index contributed by atoms with van der Waals surface area (Å²) in [4.78, 5) is 0. The van der Waals surface area contributed by atoms with E-state index in [1.165, 1.54) is 0 Å². The van der Waals surface area contributed by atoms with E-state index in [9.17, 15) is 4.21 Å². The second-order valence-corrected chi connectivity index (χ2v) is 1.41. The molecule has 0 bridgehead atoms. The van der Waals surface area contributed by atoms with Crippen LogP contribution < -0.4 is 4.18 Å². The first-order chi connectivity index (χ1) is 3.93. The molecule has 0 aliphatic heterocycles. The van der Waals surface area contributed by atoms with Crippen molar-refractivity contribution >= 4 is 30.8 Å². The molecule has 0 fully saturated rings. The number of nitrogens with zero attached hydrogens (tertiary/aromatic N) is 1. The fraction of sp³-hybridized carbons (Fsp3) is 0. The van der Waals surface area contributed by atoms with Crippen LogP contribution in [0.15, 0.2) is 12.3 Å². The van der Waals surface area contributed by atoms with E-state index in [1.54, 1.807) is 12.3 Å². The normalized spacial score (nSPS) is 8.00. The van der Waals surface area contributed by atoms with Gasteiger partial charge in [0.15, 0.2) is 11.9 Å². The molecule has 6 heteroatoms. The molecule has 46 valence electrons.